The first-order valence-corrected chi connectivity index (χ1v) is 7.28. The fraction of sp³-hybridized carbons (Fsp3) is 0.625. The summed E-state index contributed by atoms with van der Waals surface area (Å²) in [6, 6.07) is 6.88. The fourth-order valence-corrected chi connectivity index (χ4v) is 2.81. The van der Waals surface area contributed by atoms with Gasteiger partial charge in [-0.25, -0.2) is 4.39 Å². The first kappa shape index (κ1) is 14.5. The van der Waals surface area contributed by atoms with Crippen LogP contribution in [0, 0.1) is 11.7 Å². The Bertz CT molecular complexity index is 360. The summed E-state index contributed by atoms with van der Waals surface area (Å²) in [6.07, 6.45) is 6.21. The lowest BCUT2D eigenvalue weighted by Gasteiger charge is -2.18. The van der Waals surface area contributed by atoms with Gasteiger partial charge < -0.3 is 10.1 Å². The number of hydrogen-bond donors (Lipinski definition) is 1. The van der Waals surface area contributed by atoms with E-state index in [0.717, 1.165) is 26.0 Å². The number of halogens is 1. The van der Waals surface area contributed by atoms with Crippen molar-refractivity contribution < 1.29 is 9.13 Å². The first-order chi connectivity index (χ1) is 9.28. The molecular weight excluding hydrogens is 241 g/mol. The van der Waals surface area contributed by atoms with Crippen molar-refractivity contribution in [2.45, 2.75) is 38.2 Å². The third-order valence-corrected chi connectivity index (χ3v) is 3.85. The largest absolute Gasteiger partial charge is 0.378 e. The van der Waals surface area contributed by atoms with Crippen molar-refractivity contribution in [2.75, 3.05) is 20.2 Å². The highest BCUT2D eigenvalue weighted by atomic mass is 19.1. The van der Waals surface area contributed by atoms with E-state index in [1.54, 1.807) is 12.1 Å². The lowest BCUT2D eigenvalue weighted by Crippen LogP contribution is -2.22. The van der Waals surface area contributed by atoms with E-state index in [1.807, 2.05) is 19.2 Å². The molecule has 19 heavy (non-hydrogen) atoms. The van der Waals surface area contributed by atoms with Gasteiger partial charge in [0.15, 0.2) is 0 Å². The topological polar surface area (TPSA) is 21.3 Å². The third-order valence-electron chi connectivity index (χ3n) is 3.85. The van der Waals surface area contributed by atoms with Crippen LogP contribution in [0.3, 0.4) is 0 Å². The zero-order valence-electron chi connectivity index (χ0n) is 11.7. The lowest BCUT2D eigenvalue weighted by atomic mass is 9.93. The zero-order chi connectivity index (χ0) is 13.5. The maximum absolute atomic E-state index is 12.9. The van der Waals surface area contributed by atoms with Crippen LogP contribution in [-0.4, -0.2) is 26.3 Å². The van der Waals surface area contributed by atoms with Gasteiger partial charge in [-0.1, -0.05) is 12.1 Å². The van der Waals surface area contributed by atoms with Gasteiger partial charge in [0.1, 0.15) is 5.82 Å². The van der Waals surface area contributed by atoms with Crippen molar-refractivity contribution in [1.82, 2.24) is 5.32 Å². The molecule has 1 N–H and O–H groups in total. The monoisotopic (exact) mass is 265 g/mol. The van der Waals surface area contributed by atoms with Crippen molar-refractivity contribution >= 4 is 0 Å². The smallest absolute Gasteiger partial charge is 0.123 e. The van der Waals surface area contributed by atoms with Gasteiger partial charge in [-0.15, -0.1) is 0 Å². The molecule has 0 aliphatic carbocycles. The van der Waals surface area contributed by atoms with Crippen molar-refractivity contribution in [3.05, 3.63) is 35.6 Å². The second-order valence-corrected chi connectivity index (χ2v) is 5.47. The molecule has 0 bridgehead atoms. The van der Waals surface area contributed by atoms with Crippen molar-refractivity contribution in [3.8, 4) is 0 Å². The Morgan fingerprint density at radius 2 is 2.16 bits per heavy atom. The van der Waals surface area contributed by atoms with Gasteiger partial charge in [0.2, 0.25) is 0 Å². The molecule has 106 valence electrons. The molecule has 2 rings (SSSR count). The summed E-state index contributed by atoms with van der Waals surface area (Å²) in [7, 11) is 1.99. The van der Waals surface area contributed by atoms with Crippen LogP contribution in [0.1, 0.15) is 31.2 Å². The summed E-state index contributed by atoms with van der Waals surface area (Å²) < 4.78 is 18.6. The normalized spacial score (nSPS) is 20.6. The quantitative estimate of drug-likeness (QED) is 0.817. The summed E-state index contributed by atoms with van der Waals surface area (Å²) in [4.78, 5) is 0. The average molecular weight is 265 g/mol. The molecule has 2 unspecified atom stereocenters. The summed E-state index contributed by atoms with van der Waals surface area (Å²) >= 11 is 0. The van der Waals surface area contributed by atoms with E-state index in [-0.39, 0.29) is 5.82 Å². The van der Waals surface area contributed by atoms with E-state index in [9.17, 15) is 4.39 Å². The molecule has 1 aromatic rings. The van der Waals surface area contributed by atoms with Gasteiger partial charge in [-0.05, 0) is 69.3 Å². The second-order valence-electron chi connectivity index (χ2n) is 5.47. The number of benzene rings is 1. The molecule has 1 saturated heterocycles. The third kappa shape index (κ3) is 4.92. The molecule has 0 spiro atoms. The Labute approximate surface area is 115 Å². The van der Waals surface area contributed by atoms with Crippen LogP contribution < -0.4 is 5.32 Å². The minimum Gasteiger partial charge on any atom is -0.378 e. The average Bonchev–Trinajstić information content (AvgIpc) is 2.92. The maximum Gasteiger partial charge on any atom is 0.123 e. The van der Waals surface area contributed by atoms with Crippen molar-refractivity contribution in [1.29, 1.82) is 0 Å². The molecule has 2 atom stereocenters. The highest BCUT2D eigenvalue weighted by Crippen LogP contribution is 2.21. The maximum atomic E-state index is 12.9. The van der Waals surface area contributed by atoms with E-state index in [0.29, 0.717) is 12.0 Å². The molecule has 3 heteroatoms. The van der Waals surface area contributed by atoms with Crippen molar-refractivity contribution in [3.63, 3.8) is 0 Å². The molecule has 2 nitrogen and oxygen atoms in total. The van der Waals surface area contributed by atoms with Crippen molar-refractivity contribution in [2.24, 2.45) is 5.92 Å². The van der Waals surface area contributed by atoms with E-state index in [2.05, 4.69) is 5.32 Å². The zero-order valence-corrected chi connectivity index (χ0v) is 11.7. The molecule has 1 fully saturated rings. The molecule has 1 heterocycles. The molecule has 0 saturated carbocycles. The van der Waals surface area contributed by atoms with Gasteiger partial charge in [0, 0.05) is 6.61 Å². The molecular formula is C16H24FNO. The van der Waals surface area contributed by atoms with E-state index >= 15 is 0 Å². The Hall–Kier alpha value is -0.930. The highest BCUT2D eigenvalue weighted by molar-refractivity contribution is 5.16. The number of rotatable bonds is 7. The summed E-state index contributed by atoms with van der Waals surface area (Å²) in [5.41, 5.74) is 1.22. The standard InChI is InChI=1S/C16H24FNO/c1-18-12-14(6-9-16-3-2-10-19-16)11-13-4-7-15(17)8-5-13/h4-5,7-8,14,16,18H,2-3,6,9-12H2,1H3. The Kier molecular flexibility index (Phi) is 5.80. The molecule has 1 aliphatic heterocycles. The molecule has 1 aromatic carbocycles. The minimum absolute atomic E-state index is 0.159. The SMILES string of the molecule is CNCC(CCC1CCCO1)Cc1ccc(F)cc1. The van der Waals surface area contributed by atoms with Gasteiger partial charge in [-0.2, -0.15) is 0 Å². The van der Waals surface area contributed by atoms with Gasteiger partial charge in [0.25, 0.3) is 0 Å². The fourth-order valence-electron chi connectivity index (χ4n) is 2.81. The first-order valence-electron chi connectivity index (χ1n) is 7.28. The van der Waals surface area contributed by atoms with Gasteiger partial charge in [0.05, 0.1) is 6.10 Å². The summed E-state index contributed by atoms with van der Waals surface area (Å²) in [5.74, 6) is 0.438. The Balaban J connectivity index is 1.82. The van der Waals surface area contributed by atoms with Gasteiger partial charge >= 0.3 is 0 Å². The molecule has 0 aromatic heterocycles. The van der Waals surface area contributed by atoms with Crippen LogP contribution in [-0.2, 0) is 11.2 Å². The molecule has 0 radical (unpaired) electrons. The van der Waals surface area contributed by atoms with Crippen LogP contribution in [0.4, 0.5) is 4.39 Å². The predicted molar refractivity (Wildman–Crippen MR) is 75.7 cm³/mol. The Morgan fingerprint density at radius 1 is 1.37 bits per heavy atom. The minimum atomic E-state index is -0.159. The number of nitrogens with one attached hydrogen (secondary N) is 1. The summed E-state index contributed by atoms with van der Waals surface area (Å²) in [6.45, 7) is 1.93. The predicted octanol–water partition coefficient (Wildman–Crippen LogP) is 3.16. The van der Waals surface area contributed by atoms with Gasteiger partial charge in [-0.3, -0.25) is 0 Å². The summed E-state index contributed by atoms with van der Waals surface area (Å²) in [5, 5.41) is 3.26. The molecule has 1 aliphatic rings. The van der Waals surface area contributed by atoms with Crippen LogP contribution in [0.2, 0.25) is 0 Å². The van der Waals surface area contributed by atoms with Crippen LogP contribution in [0.15, 0.2) is 24.3 Å². The second kappa shape index (κ2) is 7.61. The highest BCUT2D eigenvalue weighted by Gasteiger charge is 2.18. The van der Waals surface area contributed by atoms with Crippen LogP contribution >= 0.6 is 0 Å². The van der Waals surface area contributed by atoms with Crippen LogP contribution in [0.25, 0.3) is 0 Å². The Morgan fingerprint density at radius 3 is 2.79 bits per heavy atom. The lowest BCUT2D eigenvalue weighted by molar-refractivity contribution is 0.0980. The van der Waals surface area contributed by atoms with E-state index < -0.39 is 0 Å². The molecule has 0 amide bonds. The number of hydrogen-bond acceptors (Lipinski definition) is 2. The van der Waals surface area contributed by atoms with E-state index in [1.165, 1.54) is 24.8 Å². The van der Waals surface area contributed by atoms with Crippen LogP contribution in [0.5, 0.6) is 0 Å². The number of ether oxygens (including phenoxy) is 1. The van der Waals surface area contributed by atoms with E-state index in [4.69, 9.17) is 4.74 Å².